The molecule has 0 saturated heterocycles. The maximum absolute atomic E-state index is 12.2. The highest BCUT2D eigenvalue weighted by Gasteiger charge is 2.21. The fraction of sp³-hybridized carbons (Fsp3) is 0.271. The number of aromatic nitrogens is 4. The molecule has 0 aliphatic rings. The summed E-state index contributed by atoms with van der Waals surface area (Å²) in [6.45, 7) is 8.75. The number of aliphatic hydroxyl groups is 3. The molecule has 1 unspecified atom stereocenters. The first-order valence-electron chi connectivity index (χ1n) is 34.7. The molecule has 4 aromatic heterocycles. The molecule has 12 aromatic rings. The van der Waals surface area contributed by atoms with E-state index < -0.39 is 36.2 Å². The van der Waals surface area contributed by atoms with E-state index in [9.17, 15) is 34.8 Å². The maximum atomic E-state index is 12.2. The third-order valence-electron chi connectivity index (χ3n) is 17.3. The Morgan fingerprint density at radius 2 is 0.780 bits per heavy atom. The van der Waals surface area contributed by atoms with Gasteiger partial charge in [-0.25, -0.2) is 14.4 Å². The number of unbranched alkanes of at least 4 members (excludes halogenated alkanes) is 2. The van der Waals surface area contributed by atoms with Crippen LogP contribution in [0.3, 0.4) is 0 Å². The summed E-state index contributed by atoms with van der Waals surface area (Å²) in [5, 5.41) is 45.7. The molecule has 100 heavy (non-hydrogen) atoms. The quantitative estimate of drug-likeness (QED) is 0.0246. The van der Waals surface area contributed by atoms with Crippen LogP contribution in [-0.2, 0) is 65.9 Å². The van der Waals surface area contributed by atoms with Crippen LogP contribution < -0.4 is 4.74 Å². The number of ether oxygens (including phenoxy) is 4. The molecule has 0 aliphatic carbocycles. The summed E-state index contributed by atoms with van der Waals surface area (Å²) in [5.41, 5.74) is 13.5. The van der Waals surface area contributed by atoms with Gasteiger partial charge in [0.2, 0.25) is 0 Å². The van der Waals surface area contributed by atoms with Crippen LogP contribution in [0.1, 0.15) is 128 Å². The number of phenolic OH excluding ortho intramolecular Hbond substituents is 1. The average molecular weight is 1340 g/mol. The van der Waals surface area contributed by atoms with E-state index in [4.69, 9.17) is 18.9 Å². The number of benzene rings is 8. The Morgan fingerprint density at radius 1 is 0.400 bits per heavy atom. The van der Waals surface area contributed by atoms with E-state index >= 15 is 0 Å². The van der Waals surface area contributed by atoms with Crippen LogP contribution in [0.2, 0.25) is 0 Å². The highest BCUT2D eigenvalue weighted by molar-refractivity contribution is 5.91. The van der Waals surface area contributed by atoms with E-state index in [0.717, 1.165) is 92.8 Å². The Morgan fingerprint density at radius 3 is 1.23 bits per heavy atom. The lowest BCUT2D eigenvalue weighted by Gasteiger charge is -2.12. The molecule has 0 spiro atoms. The maximum Gasteiger partial charge on any atom is 0.338 e. The number of hydrogen-bond acceptors (Lipinski definition) is 12. The van der Waals surface area contributed by atoms with Gasteiger partial charge in [-0.3, -0.25) is 4.98 Å². The molecule has 3 atom stereocenters. The number of nitrogens with zero attached hydrogens (tertiary/aromatic N) is 4. The van der Waals surface area contributed by atoms with Crippen LogP contribution in [0.25, 0.3) is 32.7 Å². The molecule has 4 N–H and O–H groups in total. The van der Waals surface area contributed by atoms with Crippen molar-refractivity contribution >= 4 is 50.6 Å². The molecule has 0 aliphatic heterocycles. The van der Waals surface area contributed by atoms with Crippen molar-refractivity contribution in [2.75, 3.05) is 26.4 Å². The number of hydrogen-bond donors (Lipinski definition) is 4. The van der Waals surface area contributed by atoms with Crippen molar-refractivity contribution < 1.29 is 53.8 Å². The Balaban J connectivity index is 0.000000162. The van der Waals surface area contributed by atoms with Gasteiger partial charge in [-0.1, -0.05) is 185 Å². The zero-order chi connectivity index (χ0) is 70.0. The third-order valence-corrected chi connectivity index (χ3v) is 17.3. The number of esters is 3. The zero-order valence-corrected chi connectivity index (χ0v) is 57.3. The van der Waals surface area contributed by atoms with Gasteiger partial charge in [0, 0.05) is 102 Å². The Kier molecular flexibility index (Phi) is 26.6. The second kappa shape index (κ2) is 36.8. The average Bonchev–Trinajstić information content (AvgIpc) is 1.66. The first kappa shape index (κ1) is 72.2. The standard InChI is InChI=1S/C29H31NO3.C28H30N2O3.C28H29NO5/c1-2-3-10-22-11-9-12-23(17-22)19-30-20-25(27-15-7-8-16-28(27)30)18-26(31)21-33-29(32)24-13-5-4-6-14-24;1-2-3-9-21-14-22(17-29-16-21)18-30-19-24(26-12-7-8-13-27(26)30)15-25(31)20-33-28(32)23-10-5-4-6-11-23;1-2-15-33-26-14-8-11-21(27(26)31)17-29-18-22(24-12-6-7-13-25(24)29)16-23(30)19-34-28(32)20-9-4-3-5-10-20/h4-9,11-17,20,26,31H,2-3,10,18-19,21H2,1H3;4-8,10-14,16-17,19,25,31H,2-3,9,15,18,20H2,1H3;3-14,18,23,30-31H,2,15-17,19H2,1H3/t26-;;23-/m0.0/s1. The van der Waals surface area contributed by atoms with Crippen LogP contribution in [0.4, 0.5) is 0 Å². The normalized spacial score (nSPS) is 12.0. The number of para-hydroxylation sites is 4. The van der Waals surface area contributed by atoms with Gasteiger partial charge in [-0.15, -0.1) is 0 Å². The predicted molar refractivity (Wildman–Crippen MR) is 394 cm³/mol. The zero-order valence-electron chi connectivity index (χ0n) is 57.3. The fourth-order valence-electron chi connectivity index (χ4n) is 12.3. The molecule has 0 radical (unpaired) electrons. The van der Waals surface area contributed by atoms with Crippen LogP contribution in [0.5, 0.6) is 11.5 Å². The molecule has 0 fully saturated rings. The van der Waals surface area contributed by atoms with Gasteiger partial charge in [0.1, 0.15) is 19.8 Å². The number of aliphatic hydroxyl groups excluding tert-OH is 3. The summed E-state index contributed by atoms with van der Waals surface area (Å²) >= 11 is 0. The predicted octanol–water partition coefficient (Wildman–Crippen LogP) is 15.9. The van der Waals surface area contributed by atoms with E-state index in [1.165, 1.54) is 36.0 Å². The molecular formula is C85H90N4O11. The minimum absolute atomic E-state index is 0.0350. The summed E-state index contributed by atoms with van der Waals surface area (Å²) < 4.78 is 28.1. The van der Waals surface area contributed by atoms with E-state index in [1.807, 2.05) is 109 Å². The molecule has 15 nitrogen and oxygen atoms in total. The fourth-order valence-corrected chi connectivity index (χ4v) is 12.3. The van der Waals surface area contributed by atoms with Crippen molar-refractivity contribution in [3.63, 3.8) is 0 Å². The van der Waals surface area contributed by atoms with E-state index in [0.29, 0.717) is 61.4 Å². The SMILES string of the molecule is CCCCc1cccc(Cn2cc(C[C@H](O)COC(=O)c3ccccc3)c3ccccc32)c1.CCCCc1cncc(Cn2cc(CC(O)COC(=O)c3ccccc3)c3ccccc32)c1.CCCOc1cccc(Cn2cc(C[C@H](O)COC(=O)c3ccccc3)c3ccccc32)c1O. The summed E-state index contributed by atoms with van der Waals surface area (Å²) in [6.07, 6.45) is 16.6. The topological polar surface area (TPSA) is 197 Å². The van der Waals surface area contributed by atoms with Gasteiger partial charge < -0.3 is 53.1 Å². The molecule has 15 heteroatoms. The summed E-state index contributed by atoms with van der Waals surface area (Å²) in [7, 11) is 0. The summed E-state index contributed by atoms with van der Waals surface area (Å²) in [6, 6.07) is 67.3. The molecule has 8 aromatic carbocycles. The molecule has 12 rings (SSSR count). The van der Waals surface area contributed by atoms with Crippen molar-refractivity contribution in [1.82, 2.24) is 18.7 Å². The van der Waals surface area contributed by atoms with E-state index in [1.54, 1.807) is 78.9 Å². The lowest BCUT2D eigenvalue weighted by Crippen LogP contribution is -2.20. The number of pyridine rings is 1. The monoisotopic (exact) mass is 1340 g/mol. The minimum atomic E-state index is -0.842. The van der Waals surface area contributed by atoms with Crippen LogP contribution in [-0.4, -0.2) is 102 Å². The molecule has 0 bridgehead atoms. The van der Waals surface area contributed by atoms with Gasteiger partial charge >= 0.3 is 17.9 Å². The van der Waals surface area contributed by atoms with Crippen molar-refractivity contribution in [2.24, 2.45) is 0 Å². The number of aromatic hydroxyl groups is 1. The van der Waals surface area contributed by atoms with Crippen molar-refractivity contribution in [1.29, 1.82) is 0 Å². The molecule has 516 valence electrons. The first-order valence-corrected chi connectivity index (χ1v) is 34.7. The molecular weight excluding hydrogens is 1250 g/mol. The molecule has 4 heterocycles. The Bertz CT molecular complexity index is 4370. The smallest absolute Gasteiger partial charge is 0.338 e. The van der Waals surface area contributed by atoms with Crippen molar-refractivity contribution in [3.8, 4) is 11.5 Å². The molecule has 0 amide bonds. The second-order valence-electron chi connectivity index (χ2n) is 25.2. The van der Waals surface area contributed by atoms with Gasteiger partial charge in [0.05, 0.1) is 48.2 Å². The van der Waals surface area contributed by atoms with Crippen LogP contribution in [0.15, 0.2) is 243 Å². The van der Waals surface area contributed by atoms with Gasteiger partial charge in [-0.05, 0) is 132 Å². The number of carbonyl (C=O) groups excluding carboxylic acids is 3. The van der Waals surface area contributed by atoms with Gasteiger partial charge in [0.25, 0.3) is 0 Å². The van der Waals surface area contributed by atoms with Crippen molar-refractivity contribution in [2.45, 2.75) is 123 Å². The lowest BCUT2D eigenvalue weighted by molar-refractivity contribution is 0.0256. The van der Waals surface area contributed by atoms with Crippen LogP contribution >= 0.6 is 0 Å². The van der Waals surface area contributed by atoms with Crippen LogP contribution in [0, 0.1) is 0 Å². The number of fused-ring (bicyclic) bond motifs is 3. The second-order valence-corrected chi connectivity index (χ2v) is 25.2. The van der Waals surface area contributed by atoms with Crippen molar-refractivity contribution in [3.05, 3.63) is 305 Å². The number of aryl methyl sites for hydroxylation is 2. The summed E-state index contributed by atoms with van der Waals surface area (Å²) in [5.74, 6) is -0.676. The first-order chi connectivity index (χ1) is 48.8. The number of rotatable bonds is 30. The highest BCUT2D eigenvalue weighted by Crippen LogP contribution is 2.33. The van der Waals surface area contributed by atoms with E-state index in [2.05, 4.69) is 95.0 Å². The largest absolute Gasteiger partial charge is 0.504 e. The van der Waals surface area contributed by atoms with Gasteiger partial charge in [0.15, 0.2) is 11.5 Å². The molecule has 0 saturated carbocycles. The summed E-state index contributed by atoms with van der Waals surface area (Å²) in [4.78, 5) is 41.0. The highest BCUT2D eigenvalue weighted by atomic mass is 16.6. The van der Waals surface area contributed by atoms with E-state index in [-0.39, 0.29) is 25.6 Å². The lowest BCUT2D eigenvalue weighted by atomic mass is 10.1. The number of carbonyl (C=O) groups is 3. The number of phenols is 1. The Hall–Kier alpha value is -10.6. The minimum Gasteiger partial charge on any atom is -0.504 e. The van der Waals surface area contributed by atoms with Gasteiger partial charge in [-0.2, -0.15) is 0 Å². The third kappa shape index (κ3) is 20.3. The Labute approximate surface area is 585 Å².